The van der Waals surface area contributed by atoms with Crippen LogP contribution in [0.15, 0.2) is 54.6 Å². The van der Waals surface area contributed by atoms with Gasteiger partial charge in [-0.1, -0.05) is 18.2 Å². The van der Waals surface area contributed by atoms with Crippen molar-refractivity contribution in [2.45, 2.75) is 13.8 Å². The maximum Gasteiger partial charge on any atom is 0.343 e. The van der Waals surface area contributed by atoms with Crippen LogP contribution in [0.5, 0.6) is 11.5 Å². The number of nitrogens with zero attached hydrogens (tertiary/aromatic N) is 1. The highest BCUT2D eigenvalue weighted by molar-refractivity contribution is 7.19. The molecule has 150 valence electrons. The molecule has 0 bridgehead atoms. The molecular formula is C24H18FNO3S. The highest BCUT2D eigenvalue weighted by Gasteiger charge is 2.13. The molecule has 4 rings (SSSR count). The van der Waals surface area contributed by atoms with E-state index in [0.29, 0.717) is 11.3 Å². The average molecular weight is 419 g/mol. The molecule has 0 atom stereocenters. The number of hydrogen-bond acceptors (Lipinski definition) is 5. The van der Waals surface area contributed by atoms with Crippen LogP contribution in [0.2, 0.25) is 0 Å². The minimum absolute atomic E-state index is 0.102. The first kappa shape index (κ1) is 19.8. The Morgan fingerprint density at radius 1 is 1.07 bits per heavy atom. The Bertz CT molecular complexity index is 1270. The van der Waals surface area contributed by atoms with Gasteiger partial charge < -0.3 is 9.84 Å². The lowest BCUT2D eigenvalue weighted by Gasteiger charge is -2.04. The Kier molecular flexibility index (Phi) is 5.33. The number of fused-ring (bicyclic) bond motifs is 1. The summed E-state index contributed by atoms with van der Waals surface area (Å²) in [6.07, 6.45) is 3.83. The summed E-state index contributed by atoms with van der Waals surface area (Å²) in [4.78, 5) is 16.9. The molecule has 1 heterocycles. The number of esters is 1. The van der Waals surface area contributed by atoms with Gasteiger partial charge in [0.25, 0.3) is 0 Å². The molecule has 4 aromatic rings. The summed E-state index contributed by atoms with van der Waals surface area (Å²) in [7, 11) is 0. The van der Waals surface area contributed by atoms with Crippen LogP contribution >= 0.6 is 11.3 Å². The zero-order valence-corrected chi connectivity index (χ0v) is 17.2. The zero-order chi connectivity index (χ0) is 21.3. The lowest BCUT2D eigenvalue weighted by Crippen LogP contribution is -2.09. The Hall–Kier alpha value is -3.51. The number of aryl methyl sites for hydroxylation is 2. The van der Waals surface area contributed by atoms with Crippen LogP contribution in [0.25, 0.3) is 22.4 Å². The van der Waals surface area contributed by atoms with Gasteiger partial charge in [-0.05, 0) is 79.1 Å². The van der Waals surface area contributed by atoms with E-state index < -0.39 is 11.8 Å². The van der Waals surface area contributed by atoms with Crippen molar-refractivity contribution in [3.63, 3.8) is 0 Å². The molecule has 0 unspecified atom stereocenters. The van der Waals surface area contributed by atoms with Crippen LogP contribution < -0.4 is 4.74 Å². The predicted octanol–water partition coefficient (Wildman–Crippen LogP) is 6.15. The topological polar surface area (TPSA) is 59.4 Å². The molecule has 0 saturated carbocycles. The smallest absolute Gasteiger partial charge is 0.343 e. The Morgan fingerprint density at radius 3 is 2.53 bits per heavy atom. The fourth-order valence-corrected chi connectivity index (χ4v) is 3.99. The first-order valence-corrected chi connectivity index (χ1v) is 10.1. The molecule has 30 heavy (non-hydrogen) atoms. The molecule has 0 fully saturated rings. The first-order chi connectivity index (χ1) is 14.4. The number of phenolic OH excluding ortho intramolecular Hbond substituents is 1. The highest BCUT2D eigenvalue weighted by Crippen LogP contribution is 2.27. The van der Waals surface area contributed by atoms with E-state index in [9.17, 15) is 14.3 Å². The van der Waals surface area contributed by atoms with E-state index in [1.807, 2.05) is 38.1 Å². The van der Waals surface area contributed by atoms with Crippen molar-refractivity contribution in [1.82, 2.24) is 4.98 Å². The maximum atomic E-state index is 13.7. The average Bonchev–Trinajstić information content (AvgIpc) is 3.14. The number of phenols is 1. The van der Waals surface area contributed by atoms with Crippen molar-refractivity contribution < 1.29 is 19.0 Å². The van der Waals surface area contributed by atoms with Crippen LogP contribution in [0.1, 0.15) is 32.1 Å². The van der Waals surface area contributed by atoms with Gasteiger partial charge in [0.2, 0.25) is 0 Å². The summed E-state index contributed by atoms with van der Waals surface area (Å²) in [5, 5.41) is 10.7. The Labute approximate surface area is 176 Å². The van der Waals surface area contributed by atoms with Gasteiger partial charge in [0.05, 0.1) is 15.8 Å². The number of thiazole rings is 1. The molecular weight excluding hydrogens is 401 g/mol. The first-order valence-electron chi connectivity index (χ1n) is 9.26. The van der Waals surface area contributed by atoms with E-state index in [0.717, 1.165) is 31.9 Å². The lowest BCUT2D eigenvalue weighted by atomic mass is 10.1. The van der Waals surface area contributed by atoms with Crippen LogP contribution in [0, 0.1) is 19.7 Å². The minimum Gasteiger partial charge on any atom is -0.507 e. The number of carbonyl (C=O) groups is 1. The van der Waals surface area contributed by atoms with Crippen molar-refractivity contribution in [2.75, 3.05) is 0 Å². The molecule has 6 heteroatoms. The summed E-state index contributed by atoms with van der Waals surface area (Å²) in [6, 6.07) is 14.7. The number of aromatic nitrogens is 1. The number of carbonyl (C=O) groups excluding carboxylic acids is 1. The predicted molar refractivity (Wildman–Crippen MR) is 117 cm³/mol. The second-order valence-electron chi connectivity index (χ2n) is 6.89. The molecule has 0 radical (unpaired) electrons. The van der Waals surface area contributed by atoms with E-state index in [4.69, 9.17) is 4.74 Å². The molecule has 1 N–H and O–H groups in total. The second kappa shape index (κ2) is 8.08. The van der Waals surface area contributed by atoms with E-state index in [1.54, 1.807) is 24.3 Å². The van der Waals surface area contributed by atoms with E-state index >= 15 is 0 Å². The largest absolute Gasteiger partial charge is 0.507 e. The summed E-state index contributed by atoms with van der Waals surface area (Å²) in [6.45, 7) is 3.72. The second-order valence-corrected chi connectivity index (χ2v) is 7.95. The van der Waals surface area contributed by atoms with Crippen LogP contribution in [-0.2, 0) is 0 Å². The number of para-hydroxylation sites is 1. The standard InChI is InChI=1S/C24H18FNO3S/c1-14-11-16(12-15(2)23(14)27)7-10-22-26-19-9-8-17(13-21(19)30-22)24(28)29-20-6-4-3-5-18(20)25/h3-13,27H,1-2H3/b10-7+. The molecule has 0 aliphatic heterocycles. The summed E-state index contributed by atoms with van der Waals surface area (Å²) in [5.41, 5.74) is 3.69. The SMILES string of the molecule is Cc1cc(/C=C/c2nc3ccc(C(=O)Oc4ccccc4F)cc3s2)cc(C)c1O. The van der Waals surface area contributed by atoms with Crippen molar-refractivity contribution in [3.8, 4) is 11.5 Å². The number of hydrogen-bond donors (Lipinski definition) is 1. The third-order valence-electron chi connectivity index (χ3n) is 4.61. The zero-order valence-electron chi connectivity index (χ0n) is 16.3. The van der Waals surface area contributed by atoms with Crippen LogP contribution in [-0.4, -0.2) is 16.1 Å². The molecule has 0 aliphatic rings. The minimum atomic E-state index is -0.623. The van der Waals surface area contributed by atoms with Gasteiger partial charge in [-0.3, -0.25) is 0 Å². The molecule has 1 aromatic heterocycles. The van der Waals surface area contributed by atoms with Crippen molar-refractivity contribution in [1.29, 1.82) is 0 Å². The molecule has 0 amide bonds. The normalized spacial score (nSPS) is 11.3. The fraction of sp³-hybridized carbons (Fsp3) is 0.0833. The van der Waals surface area contributed by atoms with Gasteiger partial charge in [-0.15, -0.1) is 11.3 Å². The van der Waals surface area contributed by atoms with E-state index in [2.05, 4.69) is 4.98 Å². The van der Waals surface area contributed by atoms with Gasteiger partial charge in [0.15, 0.2) is 11.6 Å². The van der Waals surface area contributed by atoms with Crippen molar-refractivity contribution >= 4 is 39.7 Å². The van der Waals surface area contributed by atoms with Crippen molar-refractivity contribution in [2.24, 2.45) is 0 Å². The van der Waals surface area contributed by atoms with Gasteiger partial charge in [-0.2, -0.15) is 0 Å². The summed E-state index contributed by atoms with van der Waals surface area (Å²) >= 11 is 1.44. The van der Waals surface area contributed by atoms with Gasteiger partial charge in [0.1, 0.15) is 10.8 Å². The van der Waals surface area contributed by atoms with Gasteiger partial charge in [0, 0.05) is 0 Å². The number of halogens is 1. The third kappa shape index (κ3) is 4.09. The van der Waals surface area contributed by atoms with Crippen molar-refractivity contribution in [3.05, 3.63) is 87.7 Å². The van der Waals surface area contributed by atoms with Gasteiger partial charge >= 0.3 is 5.97 Å². The third-order valence-corrected chi connectivity index (χ3v) is 5.60. The number of aromatic hydroxyl groups is 1. The molecule has 0 aliphatic carbocycles. The monoisotopic (exact) mass is 419 g/mol. The fourth-order valence-electron chi connectivity index (χ4n) is 3.08. The number of benzene rings is 3. The lowest BCUT2D eigenvalue weighted by molar-refractivity contribution is 0.0728. The maximum absolute atomic E-state index is 13.7. The summed E-state index contributed by atoms with van der Waals surface area (Å²) < 4.78 is 19.7. The Morgan fingerprint density at radius 2 is 1.80 bits per heavy atom. The van der Waals surface area contributed by atoms with Crippen LogP contribution in [0.3, 0.4) is 0 Å². The number of ether oxygens (including phenoxy) is 1. The molecule has 4 nitrogen and oxygen atoms in total. The highest BCUT2D eigenvalue weighted by atomic mass is 32.1. The van der Waals surface area contributed by atoms with E-state index in [-0.39, 0.29) is 5.75 Å². The van der Waals surface area contributed by atoms with E-state index in [1.165, 1.54) is 29.5 Å². The number of rotatable bonds is 4. The molecule has 3 aromatic carbocycles. The van der Waals surface area contributed by atoms with Crippen LogP contribution in [0.4, 0.5) is 4.39 Å². The molecule has 0 saturated heterocycles. The summed E-state index contributed by atoms with van der Waals surface area (Å²) in [5.74, 6) is -1.00. The Balaban J connectivity index is 1.56. The molecule has 0 spiro atoms. The quantitative estimate of drug-likeness (QED) is 0.318. The van der Waals surface area contributed by atoms with Gasteiger partial charge in [-0.25, -0.2) is 14.2 Å².